The molecule has 0 spiro atoms. The van der Waals surface area contributed by atoms with E-state index in [0.29, 0.717) is 0 Å². The summed E-state index contributed by atoms with van der Waals surface area (Å²) in [7, 11) is 1.63. The van der Waals surface area contributed by atoms with Crippen molar-refractivity contribution in [1.82, 2.24) is 4.98 Å². The molecular formula is C12H13NO2. The molecule has 0 fully saturated rings. The van der Waals surface area contributed by atoms with Crippen molar-refractivity contribution in [3.05, 3.63) is 36.0 Å². The lowest BCUT2D eigenvalue weighted by atomic mass is 10.1. The van der Waals surface area contributed by atoms with E-state index in [0.717, 1.165) is 22.2 Å². The topological polar surface area (TPSA) is 42.4 Å². The van der Waals surface area contributed by atoms with Gasteiger partial charge >= 0.3 is 0 Å². The van der Waals surface area contributed by atoms with Crippen LogP contribution in [0.25, 0.3) is 10.9 Å². The van der Waals surface area contributed by atoms with E-state index in [1.54, 1.807) is 20.2 Å². The van der Waals surface area contributed by atoms with Crippen molar-refractivity contribution in [2.45, 2.75) is 13.0 Å². The summed E-state index contributed by atoms with van der Waals surface area (Å²) in [5.41, 5.74) is 1.74. The molecule has 0 saturated carbocycles. The minimum atomic E-state index is -0.473. The molecule has 0 aliphatic heterocycles. The molecule has 2 rings (SSSR count). The number of methoxy groups -OCH3 is 1. The molecule has 0 aliphatic carbocycles. The van der Waals surface area contributed by atoms with E-state index in [1.165, 1.54) is 0 Å². The predicted molar refractivity (Wildman–Crippen MR) is 58.9 cm³/mol. The SMILES string of the molecule is COc1ccnc2ccc(C(C)O)cc12. The molecule has 1 aromatic carbocycles. The van der Waals surface area contributed by atoms with Crippen molar-refractivity contribution >= 4 is 10.9 Å². The smallest absolute Gasteiger partial charge is 0.129 e. The van der Waals surface area contributed by atoms with Gasteiger partial charge in [-0.1, -0.05) is 6.07 Å². The van der Waals surface area contributed by atoms with Gasteiger partial charge < -0.3 is 9.84 Å². The molecule has 0 aliphatic rings. The minimum absolute atomic E-state index is 0.473. The summed E-state index contributed by atoms with van der Waals surface area (Å²) in [5, 5.41) is 10.4. The van der Waals surface area contributed by atoms with Crippen molar-refractivity contribution in [3.8, 4) is 5.75 Å². The van der Waals surface area contributed by atoms with Gasteiger partial charge in [0.25, 0.3) is 0 Å². The number of nitrogens with zero attached hydrogens (tertiary/aromatic N) is 1. The Balaban J connectivity index is 2.67. The van der Waals surface area contributed by atoms with Crippen molar-refractivity contribution in [3.63, 3.8) is 0 Å². The summed E-state index contributed by atoms with van der Waals surface area (Å²) >= 11 is 0. The highest BCUT2D eigenvalue weighted by atomic mass is 16.5. The van der Waals surface area contributed by atoms with Gasteiger partial charge in [-0.2, -0.15) is 0 Å². The van der Waals surface area contributed by atoms with Gasteiger partial charge in [0, 0.05) is 11.6 Å². The van der Waals surface area contributed by atoms with E-state index in [1.807, 2.05) is 24.3 Å². The maximum Gasteiger partial charge on any atom is 0.129 e. The maximum absolute atomic E-state index is 9.49. The molecule has 0 saturated heterocycles. The van der Waals surface area contributed by atoms with E-state index >= 15 is 0 Å². The Hall–Kier alpha value is -1.61. The first kappa shape index (κ1) is 9.93. The third kappa shape index (κ3) is 1.78. The van der Waals surface area contributed by atoms with Crippen LogP contribution in [0.2, 0.25) is 0 Å². The standard InChI is InChI=1S/C12H13NO2/c1-8(14)9-3-4-11-10(7-9)12(15-2)5-6-13-11/h3-8,14H,1-2H3. The van der Waals surface area contributed by atoms with Gasteiger partial charge in [0.1, 0.15) is 5.75 Å². The molecule has 1 N–H and O–H groups in total. The Bertz CT molecular complexity index is 480. The quantitative estimate of drug-likeness (QED) is 0.814. The summed E-state index contributed by atoms with van der Waals surface area (Å²) < 4.78 is 5.24. The molecule has 3 heteroatoms. The van der Waals surface area contributed by atoms with Crippen LogP contribution in [0.3, 0.4) is 0 Å². The lowest BCUT2D eigenvalue weighted by Gasteiger charge is -2.08. The molecule has 1 unspecified atom stereocenters. The minimum Gasteiger partial charge on any atom is -0.496 e. The second-order valence-corrected chi connectivity index (χ2v) is 3.47. The molecule has 78 valence electrons. The zero-order valence-electron chi connectivity index (χ0n) is 8.77. The number of hydrogen-bond acceptors (Lipinski definition) is 3. The number of ether oxygens (including phenoxy) is 1. The van der Waals surface area contributed by atoms with Gasteiger partial charge in [-0.3, -0.25) is 4.98 Å². The highest BCUT2D eigenvalue weighted by Gasteiger charge is 2.05. The van der Waals surface area contributed by atoms with Gasteiger partial charge in [-0.05, 0) is 30.7 Å². The van der Waals surface area contributed by atoms with Crippen LogP contribution < -0.4 is 4.74 Å². The van der Waals surface area contributed by atoms with Crippen LogP contribution in [0.5, 0.6) is 5.75 Å². The molecule has 1 atom stereocenters. The summed E-state index contributed by atoms with van der Waals surface area (Å²) in [6.07, 6.45) is 1.24. The first-order chi connectivity index (χ1) is 7.22. The van der Waals surface area contributed by atoms with E-state index in [2.05, 4.69) is 4.98 Å². The number of hydrogen-bond donors (Lipinski definition) is 1. The Labute approximate surface area is 88.3 Å². The van der Waals surface area contributed by atoms with E-state index in [4.69, 9.17) is 4.74 Å². The molecule has 0 bridgehead atoms. The fourth-order valence-electron chi connectivity index (χ4n) is 1.58. The average molecular weight is 203 g/mol. The van der Waals surface area contributed by atoms with Crippen molar-refractivity contribution in [1.29, 1.82) is 0 Å². The van der Waals surface area contributed by atoms with Gasteiger partial charge in [0.05, 0.1) is 18.7 Å². The fourth-order valence-corrected chi connectivity index (χ4v) is 1.58. The molecule has 0 amide bonds. The van der Waals surface area contributed by atoms with Crippen LogP contribution in [-0.4, -0.2) is 17.2 Å². The molecule has 1 heterocycles. The third-order valence-corrected chi connectivity index (χ3v) is 2.43. The Kier molecular flexibility index (Phi) is 2.56. The Morgan fingerprint density at radius 2 is 2.13 bits per heavy atom. The van der Waals surface area contributed by atoms with Crippen molar-refractivity contribution in [2.24, 2.45) is 0 Å². The molecule has 15 heavy (non-hydrogen) atoms. The van der Waals surface area contributed by atoms with Crippen LogP contribution in [0.4, 0.5) is 0 Å². The monoisotopic (exact) mass is 203 g/mol. The lowest BCUT2D eigenvalue weighted by Crippen LogP contribution is -1.92. The van der Waals surface area contributed by atoms with Crippen molar-refractivity contribution < 1.29 is 9.84 Å². The van der Waals surface area contributed by atoms with Gasteiger partial charge in [-0.15, -0.1) is 0 Å². The number of benzene rings is 1. The van der Waals surface area contributed by atoms with Crippen LogP contribution in [-0.2, 0) is 0 Å². The van der Waals surface area contributed by atoms with Crippen LogP contribution in [0.15, 0.2) is 30.5 Å². The molecule has 1 aromatic heterocycles. The zero-order valence-corrected chi connectivity index (χ0v) is 8.77. The highest BCUT2D eigenvalue weighted by Crippen LogP contribution is 2.26. The number of aromatic nitrogens is 1. The van der Waals surface area contributed by atoms with Crippen LogP contribution in [0, 0.1) is 0 Å². The molecule has 0 radical (unpaired) electrons. The number of aliphatic hydroxyl groups is 1. The van der Waals surface area contributed by atoms with Gasteiger partial charge in [0.15, 0.2) is 0 Å². The summed E-state index contributed by atoms with van der Waals surface area (Å²) in [6.45, 7) is 1.74. The number of rotatable bonds is 2. The zero-order chi connectivity index (χ0) is 10.8. The summed E-state index contributed by atoms with van der Waals surface area (Å²) in [6, 6.07) is 7.49. The number of pyridine rings is 1. The normalized spacial score (nSPS) is 12.7. The number of aliphatic hydroxyl groups excluding tert-OH is 1. The molecular weight excluding hydrogens is 190 g/mol. The second-order valence-electron chi connectivity index (χ2n) is 3.47. The van der Waals surface area contributed by atoms with Crippen LogP contribution >= 0.6 is 0 Å². The summed E-state index contributed by atoms with van der Waals surface area (Å²) in [4.78, 5) is 4.23. The first-order valence-corrected chi connectivity index (χ1v) is 4.83. The van der Waals surface area contributed by atoms with E-state index in [9.17, 15) is 5.11 Å². The third-order valence-electron chi connectivity index (χ3n) is 2.43. The molecule has 3 nitrogen and oxygen atoms in total. The van der Waals surface area contributed by atoms with Gasteiger partial charge in [0.2, 0.25) is 0 Å². The maximum atomic E-state index is 9.49. The van der Waals surface area contributed by atoms with Crippen molar-refractivity contribution in [2.75, 3.05) is 7.11 Å². The lowest BCUT2D eigenvalue weighted by molar-refractivity contribution is 0.199. The first-order valence-electron chi connectivity index (χ1n) is 4.83. The van der Waals surface area contributed by atoms with Gasteiger partial charge in [-0.25, -0.2) is 0 Å². The number of fused-ring (bicyclic) bond motifs is 1. The average Bonchev–Trinajstić information content (AvgIpc) is 2.27. The van der Waals surface area contributed by atoms with E-state index in [-0.39, 0.29) is 0 Å². The molecule has 2 aromatic rings. The Morgan fingerprint density at radius 3 is 2.80 bits per heavy atom. The van der Waals surface area contributed by atoms with Crippen LogP contribution in [0.1, 0.15) is 18.6 Å². The second kappa shape index (κ2) is 3.87. The Morgan fingerprint density at radius 1 is 1.33 bits per heavy atom. The van der Waals surface area contributed by atoms with E-state index < -0.39 is 6.10 Å². The fraction of sp³-hybridized carbons (Fsp3) is 0.250. The largest absolute Gasteiger partial charge is 0.496 e. The summed E-state index contributed by atoms with van der Waals surface area (Å²) in [5.74, 6) is 0.780. The highest BCUT2D eigenvalue weighted by molar-refractivity contribution is 5.85. The predicted octanol–water partition coefficient (Wildman–Crippen LogP) is 2.30.